The van der Waals surface area contributed by atoms with Crippen molar-refractivity contribution in [3.63, 3.8) is 0 Å². The standard InChI is InChI=1S/C10H9BF3O3/c1-10(2)16-7-5-3-4-6(11(12,13)14)8(7)9(15)17-10/h3-5H,1-2H3/q-1. The molecule has 0 radical (unpaired) electrons. The maximum atomic E-state index is 12.7. The number of cyclic esters (lactones) is 1. The molecular weight excluding hydrogens is 236 g/mol. The first-order valence-corrected chi connectivity index (χ1v) is 4.96. The third-order valence-corrected chi connectivity index (χ3v) is 2.31. The number of hydrogen-bond acceptors (Lipinski definition) is 3. The van der Waals surface area contributed by atoms with E-state index in [1.165, 1.54) is 26.0 Å². The van der Waals surface area contributed by atoms with E-state index in [1.54, 1.807) is 0 Å². The number of rotatable bonds is 1. The van der Waals surface area contributed by atoms with Crippen molar-refractivity contribution in [2.45, 2.75) is 19.6 Å². The molecule has 17 heavy (non-hydrogen) atoms. The summed E-state index contributed by atoms with van der Waals surface area (Å²) in [5, 5.41) is 0. The summed E-state index contributed by atoms with van der Waals surface area (Å²) in [5.41, 5.74) is -1.53. The van der Waals surface area contributed by atoms with E-state index in [1.807, 2.05) is 0 Å². The molecule has 0 spiro atoms. The van der Waals surface area contributed by atoms with Crippen LogP contribution in [-0.2, 0) is 4.74 Å². The van der Waals surface area contributed by atoms with Gasteiger partial charge in [0.1, 0.15) is 5.75 Å². The summed E-state index contributed by atoms with van der Waals surface area (Å²) >= 11 is 0. The SMILES string of the molecule is CC1(C)OC(=O)c2c(cccc2[B-](F)(F)F)O1. The van der Waals surface area contributed by atoms with Crippen LogP contribution < -0.4 is 10.2 Å². The number of carbonyl (C=O) groups excluding carboxylic acids is 1. The number of halogens is 3. The monoisotopic (exact) mass is 245 g/mol. The Hall–Kier alpha value is -1.66. The Kier molecular flexibility index (Phi) is 2.38. The Bertz CT molecular complexity index is 482. The minimum atomic E-state index is -5.28. The van der Waals surface area contributed by atoms with Crippen LogP contribution in [0.15, 0.2) is 18.2 Å². The molecule has 2 rings (SSSR count). The van der Waals surface area contributed by atoms with Gasteiger partial charge in [-0.2, -0.15) is 0 Å². The molecule has 0 N–H and O–H groups in total. The zero-order valence-corrected chi connectivity index (χ0v) is 9.17. The molecule has 0 aromatic heterocycles. The van der Waals surface area contributed by atoms with Crippen molar-refractivity contribution in [2.75, 3.05) is 0 Å². The highest BCUT2D eigenvalue weighted by Gasteiger charge is 2.39. The van der Waals surface area contributed by atoms with Crippen LogP contribution >= 0.6 is 0 Å². The normalized spacial score (nSPS) is 18.1. The van der Waals surface area contributed by atoms with E-state index in [0.717, 1.165) is 6.07 Å². The first-order chi connectivity index (χ1) is 7.71. The number of ether oxygens (including phenoxy) is 2. The second-order valence-electron chi connectivity index (χ2n) is 4.19. The van der Waals surface area contributed by atoms with Crippen LogP contribution in [0.5, 0.6) is 5.75 Å². The number of hydrogen-bond donors (Lipinski definition) is 0. The van der Waals surface area contributed by atoms with Gasteiger partial charge in [-0.25, -0.2) is 4.79 Å². The fourth-order valence-electron chi connectivity index (χ4n) is 1.68. The van der Waals surface area contributed by atoms with Crippen molar-refractivity contribution in [3.8, 4) is 5.75 Å². The average Bonchev–Trinajstić information content (AvgIpc) is 2.13. The molecule has 0 unspecified atom stereocenters. The van der Waals surface area contributed by atoms with Gasteiger partial charge in [-0.05, 0) is 6.07 Å². The highest BCUT2D eigenvalue weighted by molar-refractivity contribution is 6.74. The van der Waals surface area contributed by atoms with Crippen molar-refractivity contribution in [2.24, 2.45) is 0 Å². The topological polar surface area (TPSA) is 35.5 Å². The summed E-state index contributed by atoms with van der Waals surface area (Å²) in [5.74, 6) is -2.35. The van der Waals surface area contributed by atoms with Crippen molar-refractivity contribution < 1.29 is 27.2 Å². The van der Waals surface area contributed by atoms with Gasteiger partial charge >= 0.3 is 12.9 Å². The van der Waals surface area contributed by atoms with Gasteiger partial charge in [0.05, 0.1) is 5.56 Å². The van der Waals surface area contributed by atoms with Crippen LogP contribution in [-0.4, -0.2) is 18.7 Å². The van der Waals surface area contributed by atoms with Crippen LogP contribution in [0.2, 0.25) is 0 Å². The largest absolute Gasteiger partial charge is 0.510 e. The molecule has 1 aromatic rings. The first kappa shape index (κ1) is 11.8. The smallest absolute Gasteiger partial charge is 0.452 e. The molecule has 92 valence electrons. The molecule has 3 nitrogen and oxygen atoms in total. The van der Waals surface area contributed by atoms with Gasteiger partial charge in [0.15, 0.2) is 0 Å². The van der Waals surface area contributed by atoms with Crippen molar-refractivity contribution >= 4 is 18.4 Å². The fraction of sp³-hybridized carbons (Fsp3) is 0.300. The van der Waals surface area contributed by atoms with Crippen molar-refractivity contribution in [3.05, 3.63) is 23.8 Å². The Morgan fingerprint density at radius 3 is 2.41 bits per heavy atom. The summed E-state index contributed by atoms with van der Waals surface area (Å²) in [7, 11) is 0. The lowest BCUT2D eigenvalue weighted by Crippen LogP contribution is -2.45. The zero-order chi connectivity index (χ0) is 12.8. The molecule has 1 aliphatic heterocycles. The van der Waals surface area contributed by atoms with E-state index in [2.05, 4.69) is 0 Å². The summed E-state index contributed by atoms with van der Waals surface area (Å²) in [6.07, 6.45) is 0. The Labute approximate surface area is 95.6 Å². The highest BCUT2D eigenvalue weighted by Crippen LogP contribution is 2.31. The molecular formula is C10H9BF3O3-. The second-order valence-corrected chi connectivity index (χ2v) is 4.19. The Morgan fingerprint density at radius 1 is 1.18 bits per heavy atom. The van der Waals surface area contributed by atoms with Gasteiger partial charge in [-0.1, -0.05) is 17.6 Å². The summed E-state index contributed by atoms with van der Waals surface area (Å²) in [6.45, 7) is -2.36. The van der Waals surface area contributed by atoms with Crippen molar-refractivity contribution in [1.82, 2.24) is 0 Å². The van der Waals surface area contributed by atoms with E-state index in [-0.39, 0.29) is 5.75 Å². The van der Waals surface area contributed by atoms with E-state index in [0.29, 0.717) is 0 Å². The van der Waals surface area contributed by atoms with Crippen LogP contribution in [0.1, 0.15) is 24.2 Å². The van der Waals surface area contributed by atoms with Gasteiger partial charge in [0, 0.05) is 13.8 Å². The van der Waals surface area contributed by atoms with Crippen molar-refractivity contribution in [1.29, 1.82) is 0 Å². The molecule has 0 bridgehead atoms. The second kappa shape index (κ2) is 3.42. The fourth-order valence-corrected chi connectivity index (χ4v) is 1.68. The first-order valence-electron chi connectivity index (χ1n) is 4.96. The van der Waals surface area contributed by atoms with E-state index in [9.17, 15) is 17.7 Å². The summed E-state index contributed by atoms with van der Waals surface area (Å²) in [6, 6.07) is 3.38. The lowest BCUT2D eigenvalue weighted by molar-refractivity contribution is -0.127. The molecule has 0 fully saturated rings. The molecule has 1 aromatic carbocycles. The van der Waals surface area contributed by atoms with E-state index < -0.39 is 29.8 Å². The molecule has 0 saturated carbocycles. The van der Waals surface area contributed by atoms with Gasteiger partial charge in [0.2, 0.25) is 5.79 Å². The average molecular weight is 245 g/mol. The lowest BCUT2D eigenvalue weighted by Gasteiger charge is -2.34. The Morgan fingerprint density at radius 2 is 1.82 bits per heavy atom. The summed E-state index contributed by atoms with van der Waals surface area (Å²) < 4.78 is 48.2. The van der Waals surface area contributed by atoms with Gasteiger partial charge in [-0.15, -0.1) is 0 Å². The van der Waals surface area contributed by atoms with Gasteiger partial charge in [-0.3, -0.25) is 0 Å². The van der Waals surface area contributed by atoms with E-state index in [4.69, 9.17) is 9.47 Å². The zero-order valence-electron chi connectivity index (χ0n) is 9.17. The molecule has 0 atom stereocenters. The maximum Gasteiger partial charge on any atom is 0.510 e. The van der Waals surface area contributed by atoms with Gasteiger partial charge in [0.25, 0.3) is 0 Å². The minimum absolute atomic E-state index is 0.0945. The lowest BCUT2D eigenvalue weighted by atomic mass is 9.76. The molecule has 0 aliphatic carbocycles. The third-order valence-electron chi connectivity index (χ3n) is 2.31. The summed E-state index contributed by atoms with van der Waals surface area (Å²) in [4.78, 5) is 11.6. The number of carbonyl (C=O) groups is 1. The number of fused-ring (bicyclic) bond motifs is 1. The molecule has 0 amide bonds. The predicted octanol–water partition coefficient (Wildman–Crippen LogP) is 2.03. The Balaban J connectivity index is 2.60. The van der Waals surface area contributed by atoms with Crippen LogP contribution in [0.4, 0.5) is 12.9 Å². The van der Waals surface area contributed by atoms with Gasteiger partial charge < -0.3 is 22.4 Å². The third kappa shape index (κ3) is 2.09. The predicted molar refractivity (Wildman–Crippen MR) is 55.3 cm³/mol. The highest BCUT2D eigenvalue weighted by atomic mass is 19.4. The quantitative estimate of drug-likeness (QED) is 0.560. The van der Waals surface area contributed by atoms with Crippen LogP contribution in [0.25, 0.3) is 0 Å². The number of benzene rings is 1. The molecule has 7 heteroatoms. The molecule has 1 aliphatic rings. The van der Waals surface area contributed by atoms with Crippen LogP contribution in [0.3, 0.4) is 0 Å². The van der Waals surface area contributed by atoms with Crippen LogP contribution in [0, 0.1) is 0 Å². The number of esters is 1. The maximum absolute atomic E-state index is 12.7. The molecule has 0 saturated heterocycles. The minimum Gasteiger partial charge on any atom is -0.452 e. The molecule has 1 heterocycles. The van der Waals surface area contributed by atoms with E-state index >= 15 is 0 Å².